The molecule has 2 nitrogen and oxygen atoms in total. The van der Waals surface area contributed by atoms with Crippen molar-refractivity contribution in [3.8, 4) is 0 Å². The topological polar surface area (TPSA) is 20.3 Å². The highest BCUT2D eigenvalue weighted by Gasteiger charge is 2.14. The van der Waals surface area contributed by atoms with Crippen LogP contribution in [0.25, 0.3) is 0 Å². The lowest BCUT2D eigenvalue weighted by molar-refractivity contribution is 0.0992. The van der Waals surface area contributed by atoms with Gasteiger partial charge in [-0.25, -0.2) is 4.39 Å². The number of hydrogen-bond donors (Lipinski definition) is 1. The van der Waals surface area contributed by atoms with E-state index in [-0.39, 0.29) is 10.8 Å². The van der Waals surface area contributed by atoms with E-state index in [1.54, 1.807) is 7.05 Å². The molecule has 2 aromatic carbocycles. The third kappa shape index (κ3) is 2.96. The SMILES string of the molecule is Cc1ccc(N(C)C(=O)c2ccc(F)c(S)c2)cc1. The molecule has 0 aliphatic rings. The summed E-state index contributed by atoms with van der Waals surface area (Å²) in [5.74, 6) is -0.628. The molecular weight excluding hydrogens is 261 g/mol. The van der Waals surface area contributed by atoms with Gasteiger partial charge in [0.2, 0.25) is 0 Å². The summed E-state index contributed by atoms with van der Waals surface area (Å²) in [5.41, 5.74) is 2.33. The quantitative estimate of drug-likeness (QED) is 0.829. The second-order valence-corrected chi connectivity index (χ2v) is 4.85. The zero-order valence-corrected chi connectivity index (χ0v) is 11.6. The van der Waals surface area contributed by atoms with E-state index in [1.807, 2.05) is 31.2 Å². The summed E-state index contributed by atoms with van der Waals surface area (Å²) in [7, 11) is 1.69. The van der Waals surface area contributed by atoms with Gasteiger partial charge in [-0.15, -0.1) is 12.6 Å². The van der Waals surface area contributed by atoms with E-state index in [1.165, 1.54) is 23.1 Å². The number of carbonyl (C=O) groups excluding carboxylic acids is 1. The fraction of sp³-hybridized carbons (Fsp3) is 0.133. The molecule has 0 saturated carbocycles. The van der Waals surface area contributed by atoms with Gasteiger partial charge in [-0.2, -0.15) is 0 Å². The number of thiol groups is 1. The van der Waals surface area contributed by atoms with Crippen molar-refractivity contribution in [2.45, 2.75) is 11.8 Å². The second kappa shape index (κ2) is 5.45. The van der Waals surface area contributed by atoms with Gasteiger partial charge >= 0.3 is 0 Å². The Hall–Kier alpha value is -1.81. The molecule has 0 aliphatic heterocycles. The Bertz CT molecular complexity index is 610. The van der Waals surface area contributed by atoms with Crippen LogP contribution in [-0.2, 0) is 0 Å². The van der Waals surface area contributed by atoms with Crippen LogP contribution in [0.15, 0.2) is 47.4 Å². The Morgan fingerprint density at radius 3 is 2.37 bits per heavy atom. The molecule has 0 spiro atoms. The highest BCUT2D eigenvalue weighted by atomic mass is 32.1. The minimum absolute atomic E-state index is 0.170. The van der Waals surface area contributed by atoms with Crippen LogP contribution in [0.3, 0.4) is 0 Å². The monoisotopic (exact) mass is 275 g/mol. The molecule has 4 heteroatoms. The van der Waals surface area contributed by atoms with E-state index in [9.17, 15) is 9.18 Å². The molecule has 0 saturated heterocycles. The van der Waals surface area contributed by atoms with Crippen LogP contribution in [0.1, 0.15) is 15.9 Å². The molecule has 1 amide bonds. The highest BCUT2D eigenvalue weighted by Crippen LogP contribution is 2.19. The molecule has 2 rings (SSSR count). The van der Waals surface area contributed by atoms with Crippen LogP contribution in [0.5, 0.6) is 0 Å². The summed E-state index contributed by atoms with van der Waals surface area (Å²) in [4.78, 5) is 14.0. The highest BCUT2D eigenvalue weighted by molar-refractivity contribution is 7.80. The third-order valence-corrected chi connectivity index (χ3v) is 3.26. The number of nitrogens with zero attached hydrogens (tertiary/aromatic N) is 1. The molecule has 0 aliphatic carbocycles. The number of rotatable bonds is 2. The summed E-state index contributed by atoms with van der Waals surface area (Å²) in [6.07, 6.45) is 0. The molecule has 0 heterocycles. The molecule has 0 unspecified atom stereocenters. The molecule has 0 N–H and O–H groups in total. The zero-order chi connectivity index (χ0) is 14.0. The van der Waals surface area contributed by atoms with Crippen LogP contribution < -0.4 is 4.90 Å². The van der Waals surface area contributed by atoms with Gasteiger partial charge in [0.1, 0.15) is 5.82 Å². The predicted molar refractivity (Wildman–Crippen MR) is 77.6 cm³/mol. The molecule has 0 atom stereocenters. The van der Waals surface area contributed by atoms with Crippen molar-refractivity contribution in [2.75, 3.05) is 11.9 Å². The van der Waals surface area contributed by atoms with E-state index in [2.05, 4.69) is 12.6 Å². The average Bonchev–Trinajstić information content (AvgIpc) is 2.41. The van der Waals surface area contributed by atoms with Crippen molar-refractivity contribution in [1.82, 2.24) is 0 Å². The number of amides is 1. The average molecular weight is 275 g/mol. The third-order valence-electron chi connectivity index (χ3n) is 2.92. The van der Waals surface area contributed by atoms with Crippen molar-refractivity contribution >= 4 is 24.2 Å². The molecule has 98 valence electrons. The van der Waals surface area contributed by atoms with E-state index < -0.39 is 5.82 Å². The minimum atomic E-state index is -0.433. The van der Waals surface area contributed by atoms with Crippen molar-refractivity contribution in [3.63, 3.8) is 0 Å². The Kier molecular flexibility index (Phi) is 3.90. The van der Waals surface area contributed by atoms with E-state index in [0.717, 1.165) is 11.3 Å². The number of benzene rings is 2. The predicted octanol–water partition coefficient (Wildman–Crippen LogP) is 3.70. The number of anilines is 1. The summed E-state index contributed by atoms with van der Waals surface area (Å²) in [5, 5.41) is 0. The van der Waals surface area contributed by atoms with Crippen LogP contribution in [0.4, 0.5) is 10.1 Å². The van der Waals surface area contributed by atoms with Crippen LogP contribution in [0, 0.1) is 12.7 Å². The van der Waals surface area contributed by atoms with E-state index >= 15 is 0 Å². The van der Waals surface area contributed by atoms with Gasteiger partial charge in [-0.05, 0) is 37.3 Å². The van der Waals surface area contributed by atoms with Gasteiger partial charge in [-0.1, -0.05) is 17.7 Å². The fourth-order valence-corrected chi connectivity index (χ4v) is 1.94. The van der Waals surface area contributed by atoms with Gasteiger partial charge in [0.05, 0.1) is 0 Å². The number of hydrogen-bond acceptors (Lipinski definition) is 2. The van der Waals surface area contributed by atoms with Gasteiger partial charge in [0.15, 0.2) is 0 Å². The van der Waals surface area contributed by atoms with Crippen LogP contribution >= 0.6 is 12.6 Å². The van der Waals surface area contributed by atoms with Gasteiger partial charge < -0.3 is 4.90 Å². The maximum atomic E-state index is 13.1. The van der Waals surface area contributed by atoms with E-state index in [4.69, 9.17) is 0 Å². The lowest BCUT2D eigenvalue weighted by Gasteiger charge is -2.17. The first-order valence-electron chi connectivity index (χ1n) is 5.82. The molecule has 2 aromatic rings. The smallest absolute Gasteiger partial charge is 0.258 e. The van der Waals surface area contributed by atoms with Crippen molar-refractivity contribution in [2.24, 2.45) is 0 Å². The molecule has 19 heavy (non-hydrogen) atoms. The summed E-state index contributed by atoms with van der Waals surface area (Å²) in [6, 6.07) is 11.8. The summed E-state index contributed by atoms with van der Waals surface area (Å²) in [6.45, 7) is 1.98. The molecule has 0 radical (unpaired) electrons. The number of aryl methyl sites for hydroxylation is 1. The Morgan fingerprint density at radius 2 is 1.79 bits per heavy atom. The maximum absolute atomic E-state index is 13.1. The first-order valence-corrected chi connectivity index (χ1v) is 6.27. The lowest BCUT2D eigenvalue weighted by Crippen LogP contribution is -2.26. The second-order valence-electron chi connectivity index (χ2n) is 4.37. The summed E-state index contributed by atoms with van der Waals surface area (Å²) < 4.78 is 13.1. The molecule has 0 bridgehead atoms. The van der Waals surface area contributed by atoms with Crippen molar-refractivity contribution in [3.05, 3.63) is 59.4 Å². The Morgan fingerprint density at radius 1 is 1.16 bits per heavy atom. The molecular formula is C15H14FNOS. The Labute approximate surface area is 117 Å². The first-order chi connectivity index (χ1) is 8.99. The first kappa shape index (κ1) is 13.6. The molecule has 0 fully saturated rings. The normalized spacial score (nSPS) is 10.3. The van der Waals surface area contributed by atoms with Crippen LogP contribution in [-0.4, -0.2) is 13.0 Å². The van der Waals surface area contributed by atoms with E-state index in [0.29, 0.717) is 5.56 Å². The molecule has 0 aromatic heterocycles. The number of carbonyl (C=O) groups is 1. The fourth-order valence-electron chi connectivity index (χ4n) is 1.72. The largest absolute Gasteiger partial charge is 0.311 e. The van der Waals surface area contributed by atoms with Gasteiger partial charge in [0.25, 0.3) is 5.91 Å². The van der Waals surface area contributed by atoms with Crippen molar-refractivity contribution in [1.29, 1.82) is 0 Å². The lowest BCUT2D eigenvalue weighted by atomic mass is 10.1. The number of halogens is 1. The van der Waals surface area contributed by atoms with Crippen molar-refractivity contribution < 1.29 is 9.18 Å². The minimum Gasteiger partial charge on any atom is -0.311 e. The summed E-state index contributed by atoms with van der Waals surface area (Å²) >= 11 is 3.99. The standard InChI is InChI=1S/C15H14FNOS/c1-10-3-6-12(7-4-10)17(2)15(18)11-5-8-13(16)14(19)9-11/h3-9,19H,1-2H3. The maximum Gasteiger partial charge on any atom is 0.258 e. The van der Waals surface area contributed by atoms with Gasteiger partial charge in [0, 0.05) is 23.2 Å². The zero-order valence-electron chi connectivity index (χ0n) is 10.7. The van der Waals surface area contributed by atoms with Crippen LogP contribution in [0.2, 0.25) is 0 Å². The van der Waals surface area contributed by atoms with Gasteiger partial charge in [-0.3, -0.25) is 4.79 Å². The Balaban J connectivity index is 2.28.